The number of benzene rings is 1. The van der Waals surface area contributed by atoms with Gasteiger partial charge in [0.05, 0.1) is 12.7 Å². The van der Waals surface area contributed by atoms with Gasteiger partial charge in [-0.15, -0.1) is 0 Å². The number of hydrogen-bond donors (Lipinski definition) is 1. The van der Waals surface area contributed by atoms with Crippen LogP contribution in [0, 0.1) is 6.92 Å². The lowest BCUT2D eigenvalue weighted by Gasteiger charge is -2.33. The quantitative estimate of drug-likeness (QED) is 0.910. The monoisotopic (exact) mass is 355 g/mol. The lowest BCUT2D eigenvalue weighted by Crippen LogP contribution is -2.50. The summed E-state index contributed by atoms with van der Waals surface area (Å²) in [5.74, 6) is 0. The number of amides is 2. The van der Waals surface area contributed by atoms with Crippen molar-refractivity contribution in [2.24, 2.45) is 7.05 Å². The average molecular weight is 355 g/mol. The molecule has 1 aromatic carbocycles. The number of nitrogens with zero attached hydrogens (tertiary/aromatic N) is 2. The molecule has 0 spiro atoms. The maximum Gasteiger partial charge on any atom is 0.317 e. The number of aromatic nitrogens is 1. The summed E-state index contributed by atoms with van der Waals surface area (Å²) >= 11 is 0. The maximum atomic E-state index is 12.5. The number of hydrogen-bond acceptors (Lipinski definition) is 3. The molecule has 1 unspecified atom stereocenters. The third kappa shape index (κ3) is 4.32. The number of pyridine rings is 1. The maximum absolute atomic E-state index is 12.5. The van der Waals surface area contributed by atoms with Crippen LogP contribution in [0.5, 0.6) is 0 Å². The van der Waals surface area contributed by atoms with Crippen LogP contribution in [0.25, 0.3) is 0 Å². The number of nitrogens with one attached hydrogen (secondary N) is 1. The summed E-state index contributed by atoms with van der Waals surface area (Å²) in [5.41, 5.74) is 2.60. The Labute approximate surface area is 153 Å². The normalized spacial score (nSPS) is 17.2. The number of morpholine rings is 1. The van der Waals surface area contributed by atoms with Gasteiger partial charge in [0.25, 0.3) is 5.56 Å². The number of urea groups is 1. The van der Waals surface area contributed by atoms with Crippen molar-refractivity contribution < 1.29 is 9.53 Å². The van der Waals surface area contributed by atoms with Crippen LogP contribution in [0.1, 0.15) is 16.8 Å². The van der Waals surface area contributed by atoms with Gasteiger partial charge < -0.3 is 19.5 Å². The van der Waals surface area contributed by atoms with Crippen LogP contribution in [0.3, 0.4) is 0 Å². The molecule has 1 aliphatic heterocycles. The van der Waals surface area contributed by atoms with Crippen LogP contribution in [0.15, 0.2) is 47.3 Å². The van der Waals surface area contributed by atoms with Gasteiger partial charge in [0.1, 0.15) is 0 Å². The highest BCUT2D eigenvalue weighted by Crippen LogP contribution is 2.12. The Morgan fingerprint density at radius 3 is 2.77 bits per heavy atom. The van der Waals surface area contributed by atoms with Gasteiger partial charge in [0, 0.05) is 44.4 Å². The average Bonchev–Trinajstić information content (AvgIpc) is 2.66. The predicted octanol–water partition coefficient (Wildman–Crippen LogP) is 1.85. The van der Waals surface area contributed by atoms with E-state index in [1.54, 1.807) is 22.6 Å². The van der Waals surface area contributed by atoms with E-state index in [-0.39, 0.29) is 24.2 Å². The van der Waals surface area contributed by atoms with E-state index in [4.69, 9.17) is 4.74 Å². The van der Waals surface area contributed by atoms with Gasteiger partial charge in [-0.05, 0) is 18.6 Å². The molecule has 138 valence electrons. The molecule has 1 aromatic heterocycles. The highest BCUT2D eigenvalue weighted by atomic mass is 16.5. The van der Waals surface area contributed by atoms with Crippen molar-refractivity contribution in [1.29, 1.82) is 0 Å². The van der Waals surface area contributed by atoms with Crippen molar-refractivity contribution in [2.45, 2.75) is 26.0 Å². The minimum atomic E-state index is -0.158. The Bertz CT molecular complexity index is 817. The summed E-state index contributed by atoms with van der Waals surface area (Å²) in [4.78, 5) is 26.5. The first-order valence-electron chi connectivity index (χ1n) is 8.88. The second-order valence-corrected chi connectivity index (χ2v) is 6.65. The third-order valence-electron chi connectivity index (χ3n) is 4.80. The smallest absolute Gasteiger partial charge is 0.317 e. The zero-order valence-corrected chi connectivity index (χ0v) is 15.3. The summed E-state index contributed by atoms with van der Waals surface area (Å²) in [6, 6.07) is 13.6. The topological polar surface area (TPSA) is 63.6 Å². The number of rotatable bonds is 4. The number of carbonyl (C=O) groups excluding carboxylic acids is 1. The summed E-state index contributed by atoms with van der Waals surface area (Å²) < 4.78 is 7.39. The fraction of sp³-hybridized carbons (Fsp3) is 0.400. The van der Waals surface area contributed by atoms with Crippen LogP contribution in [-0.4, -0.2) is 41.3 Å². The first-order chi connectivity index (χ1) is 12.5. The largest absolute Gasteiger partial charge is 0.374 e. The van der Waals surface area contributed by atoms with E-state index in [1.165, 1.54) is 5.56 Å². The highest BCUT2D eigenvalue weighted by Gasteiger charge is 2.24. The first kappa shape index (κ1) is 18.2. The molecule has 26 heavy (non-hydrogen) atoms. The van der Waals surface area contributed by atoms with Gasteiger partial charge in [-0.3, -0.25) is 4.79 Å². The molecular weight excluding hydrogens is 330 g/mol. The van der Waals surface area contributed by atoms with E-state index in [0.717, 1.165) is 12.1 Å². The van der Waals surface area contributed by atoms with Crippen LogP contribution < -0.4 is 10.9 Å². The van der Waals surface area contributed by atoms with Crippen molar-refractivity contribution in [2.75, 3.05) is 19.7 Å². The second kappa shape index (κ2) is 8.19. The predicted molar refractivity (Wildman–Crippen MR) is 100 cm³/mol. The number of ether oxygens (including phenoxy) is 1. The molecule has 0 radical (unpaired) electrons. The fourth-order valence-corrected chi connectivity index (χ4v) is 3.10. The molecule has 1 N–H and O–H groups in total. The van der Waals surface area contributed by atoms with Crippen molar-refractivity contribution >= 4 is 6.03 Å². The molecule has 1 saturated heterocycles. The molecule has 1 aliphatic rings. The minimum Gasteiger partial charge on any atom is -0.374 e. The zero-order valence-electron chi connectivity index (χ0n) is 15.3. The Kier molecular flexibility index (Phi) is 5.73. The van der Waals surface area contributed by atoms with Crippen LogP contribution >= 0.6 is 0 Å². The summed E-state index contributed by atoms with van der Waals surface area (Å²) in [6.45, 7) is 3.74. The van der Waals surface area contributed by atoms with E-state index in [0.29, 0.717) is 25.3 Å². The standard InChI is InChI=1S/C20H25N3O3/c1-15-8-9-17(19(24)22(15)2)13-21-20(25)23-10-11-26-18(14-23)12-16-6-4-3-5-7-16/h3-9,18H,10-14H2,1-2H3,(H,21,25). The summed E-state index contributed by atoms with van der Waals surface area (Å²) in [5, 5.41) is 2.86. The summed E-state index contributed by atoms with van der Waals surface area (Å²) in [6.07, 6.45) is 0.771. The number of carbonyl (C=O) groups is 1. The van der Waals surface area contributed by atoms with Gasteiger partial charge in [0.15, 0.2) is 0 Å². The lowest BCUT2D eigenvalue weighted by atomic mass is 10.1. The summed E-state index contributed by atoms with van der Waals surface area (Å²) in [7, 11) is 1.74. The van der Waals surface area contributed by atoms with Crippen molar-refractivity contribution in [3.05, 3.63) is 69.6 Å². The van der Waals surface area contributed by atoms with E-state index < -0.39 is 0 Å². The second-order valence-electron chi connectivity index (χ2n) is 6.65. The van der Waals surface area contributed by atoms with E-state index in [2.05, 4.69) is 17.4 Å². The van der Waals surface area contributed by atoms with Gasteiger partial charge in [-0.2, -0.15) is 0 Å². The molecule has 2 aromatic rings. The Hall–Kier alpha value is -2.60. The van der Waals surface area contributed by atoms with Crippen molar-refractivity contribution in [3.63, 3.8) is 0 Å². The molecule has 3 rings (SSSR count). The molecule has 0 bridgehead atoms. The van der Waals surface area contributed by atoms with Gasteiger partial charge >= 0.3 is 6.03 Å². The van der Waals surface area contributed by atoms with Crippen LogP contribution in [0.4, 0.5) is 4.79 Å². The molecular formula is C20H25N3O3. The zero-order chi connectivity index (χ0) is 18.5. The van der Waals surface area contributed by atoms with E-state index in [1.807, 2.05) is 31.2 Å². The Balaban J connectivity index is 1.56. The number of aryl methyl sites for hydroxylation is 1. The first-order valence-corrected chi connectivity index (χ1v) is 8.88. The highest BCUT2D eigenvalue weighted by molar-refractivity contribution is 5.74. The van der Waals surface area contributed by atoms with Crippen LogP contribution in [-0.2, 0) is 24.8 Å². The lowest BCUT2D eigenvalue weighted by molar-refractivity contribution is -0.0133. The molecule has 1 atom stereocenters. The van der Waals surface area contributed by atoms with Crippen LogP contribution in [0.2, 0.25) is 0 Å². The molecule has 6 nitrogen and oxygen atoms in total. The fourth-order valence-electron chi connectivity index (χ4n) is 3.10. The molecule has 2 amide bonds. The van der Waals surface area contributed by atoms with Crippen molar-refractivity contribution in [3.8, 4) is 0 Å². The van der Waals surface area contributed by atoms with Gasteiger partial charge in [0.2, 0.25) is 0 Å². The van der Waals surface area contributed by atoms with Gasteiger partial charge in [-0.1, -0.05) is 36.4 Å². The third-order valence-corrected chi connectivity index (χ3v) is 4.80. The van der Waals surface area contributed by atoms with Gasteiger partial charge in [-0.25, -0.2) is 4.79 Å². The minimum absolute atomic E-state index is 0.0101. The Morgan fingerprint density at radius 2 is 2.00 bits per heavy atom. The molecule has 6 heteroatoms. The molecule has 0 saturated carbocycles. The SMILES string of the molecule is Cc1ccc(CNC(=O)N2CCOC(Cc3ccccc3)C2)c(=O)n1C. The van der Waals surface area contributed by atoms with Crippen molar-refractivity contribution in [1.82, 2.24) is 14.8 Å². The van der Waals surface area contributed by atoms with E-state index >= 15 is 0 Å². The van der Waals surface area contributed by atoms with E-state index in [9.17, 15) is 9.59 Å². The molecule has 0 aliphatic carbocycles. The molecule has 1 fully saturated rings. The molecule has 2 heterocycles. The Morgan fingerprint density at radius 1 is 1.23 bits per heavy atom.